The molecule has 8 nitrogen and oxygen atoms in total. The maximum Gasteiger partial charge on any atom is 0.255 e. The highest BCUT2D eigenvalue weighted by atomic mass is 32.1. The largest absolute Gasteiger partial charge is 0.496 e. The predicted octanol–water partition coefficient (Wildman–Crippen LogP) is 3.58. The van der Waals surface area contributed by atoms with Gasteiger partial charge in [-0.25, -0.2) is 9.37 Å². The number of piperidine rings is 1. The summed E-state index contributed by atoms with van der Waals surface area (Å²) < 4.78 is 23.5. The summed E-state index contributed by atoms with van der Waals surface area (Å²) in [6.07, 6.45) is 3.85. The van der Waals surface area contributed by atoms with E-state index in [1.807, 2.05) is 28.8 Å². The van der Waals surface area contributed by atoms with Gasteiger partial charge in [0.1, 0.15) is 11.6 Å². The molecule has 2 aliphatic rings. The minimum atomic E-state index is -0.404. The summed E-state index contributed by atoms with van der Waals surface area (Å²) in [5.74, 6) is 0.0160. The van der Waals surface area contributed by atoms with Gasteiger partial charge in [-0.15, -0.1) is 0 Å². The van der Waals surface area contributed by atoms with Gasteiger partial charge in [0.25, 0.3) is 5.91 Å². The molecule has 194 valence electrons. The number of carbonyl (C=O) groups is 1. The lowest BCUT2D eigenvalue weighted by Gasteiger charge is -2.29. The van der Waals surface area contributed by atoms with Crippen LogP contribution in [-0.4, -0.2) is 71.2 Å². The number of amides is 1. The topological polar surface area (TPSA) is 91.1 Å². The molecular weight excluding hydrogens is 493 g/mol. The molecule has 2 saturated heterocycles. The second-order valence-electron chi connectivity index (χ2n) is 10.0. The molecule has 0 spiro atoms. The number of halogens is 1. The summed E-state index contributed by atoms with van der Waals surface area (Å²) >= 11 is 1.45. The number of aromatic nitrogens is 2. The van der Waals surface area contributed by atoms with Gasteiger partial charge in [-0.2, -0.15) is 0 Å². The third kappa shape index (κ3) is 4.59. The highest BCUT2D eigenvalue weighted by Gasteiger charge is 2.25. The molecule has 10 heteroatoms. The zero-order valence-electron chi connectivity index (χ0n) is 20.8. The van der Waals surface area contributed by atoms with Crippen molar-refractivity contribution in [2.45, 2.75) is 37.5 Å². The number of carbonyl (C=O) groups excluding carboxylic acids is 1. The summed E-state index contributed by atoms with van der Waals surface area (Å²) in [6, 6.07) is 8.97. The zero-order chi connectivity index (χ0) is 25.7. The van der Waals surface area contributed by atoms with E-state index >= 15 is 4.39 Å². The monoisotopic (exact) mass is 523 g/mol. The highest BCUT2D eigenvalue weighted by Crippen LogP contribution is 2.35. The minimum Gasteiger partial charge on any atom is -0.496 e. The van der Waals surface area contributed by atoms with Crippen LogP contribution in [0.2, 0.25) is 0 Å². The molecular formula is C27H30FN5O3S. The van der Waals surface area contributed by atoms with E-state index in [1.165, 1.54) is 17.4 Å². The number of β-amino-alcohol motifs (C(OH)–C–C–N with tert-alkyl or cyclic N) is 1. The van der Waals surface area contributed by atoms with Crippen molar-refractivity contribution < 1.29 is 19.0 Å². The lowest BCUT2D eigenvalue weighted by molar-refractivity contribution is 0.0914. The van der Waals surface area contributed by atoms with Crippen LogP contribution in [0.1, 0.15) is 41.2 Å². The number of nitrogens with zero attached hydrogens (tertiary/aromatic N) is 3. The molecule has 0 unspecified atom stereocenters. The lowest BCUT2D eigenvalue weighted by atomic mass is 10.0. The van der Waals surface area contributed by atoms with E-state index in [0.29, 0.717) is 40.5 Å². The van der Waals surface area contributed by atoms with E-state index in [0.717, 1.165) is 41.7 Å². The van der Waals surface area contributed by atoms with Crippen molar-refractivity contribution in [3.8, 4) is 17.0 Å². The van der Waals surface area contributed by atoms with Crippen LogP contribution in [0, 0.1) is 5.82 Å². The number of ether oxygens (including phenoxy) is 1. The van der Waals surface area contributed by atoms with Gasteiger partial charge in [-0.1, -0.05) is 17.4 Å². The molecule has 37 heavy (non-hydrogen) atoms. The number of likely N-dealkylation sites (tertiary alicyclic amines) is 1. The third-order valence-corrected chi connectivity index (χ3v) is 8.51. The van der Waals surface area contributed by atoms with Crippen LogP contribution in [0.4, 0.5) is 4.39 Å². The minimum absolute atomic E-state index is 0.0497. The molecule has 1 amide bonds. The molecule has 4 aromatic rings. The summed E-state index contributed by atoms with van der Waals surface area (Å²) in [4.78, 5) is 20.8. The van der Waals surface area contributed by atoms with Gasteiger partial charge < -0.3 is 25.4 Å². The molecule has 0 bridgehead atoms. The molecule has 4 heterocycles. The fraction of sp³-hybridized carbons (Fsp3) is 0.407. The number of imidazole rings is 1. The number of aliphatic hydroxyl groups is 1. The van der Waals surface area contributed by atoms with E-state index in [-0.39, 0.29) is 23.8 Å². The van der Waals surface area contributed by atoms with Crippen molar-refractivity contribution in [3.05, 3.63) is 53.5 Å². The van der Waals surface area contributed by atoms with Gasteiger partial charge in [-0.3, -0.25) is 9.20 Å². The second-order valence-corrected chi connectivity index (χ2v) is 11.1. The van der Waals surface area contributed by atoms with Gasteiger partial charge in [0.15, 0.2) is 4.96 Å². The third-order valence-electron chi connectivity index (χ3n) is 7.49. The fourth-order valence-corrected chi connectivity index (χ4v) is 6.37. The van der Waals surface area contributed by atoms with Gasteiger partial charge in [-0.05, 0) is 63.2 Å². The first-order valence-electron chi connectivity index (χ1n) is 12.6. The molecule has 2 aliphatic heterocycles. The Morgan fingerprint density at radius 2 is 2.08 bits per heavy atom. The number of hydrogen-bond acceptors (Lipinski definition) is 7. The quantitative estimate of drug-likeness (QED) is 0.371. The molecule has 2 fully saturated rings. The van der Waals surface area contributed by atoms with Crippen LogP contribution >= 0.6 is 11.3 Å². The Kier molecular flexibility index (Phi) is 6.36. The number of methoxy groups -OCH3 is 1. The van der Waals surface area contributed by atoms with E-state index in [1.54, 1.807) is 13.2 Å². The van der Waals surface area contributed by atoms with Gasteiger partial charge in [0.2, 0.25) is 0 Å². The van der Waals surface area contributed by atoms with Gasteiger partial charge in [0, 0.05) is 36.5 Å². The molecule has 0 radical (unpaired) electrons. The van der Waals surface area contributed by atoms with Crippen LogP contribution in [0.15, 0.2) is 36.5 Å². The van der Waals surface area contributed by atoms with Crippen molar-refractivity contribution in [2.24, 2.45) is 0 Å². The Labute approximate surface area is 218 Å². The van der Waals surface area contributed by atoms with E-state index in [9.17, 15) is 9.90 Å². The smallest absolute Gasteiger partial charge is 0.255 e. The average molecular weight is 524 g/mol. The van der Waals surface area contributed by atoms with Crippen LogP contribution in [0.3, 0.4) is 0 Å². The Morgan fingerprint density at radius 1 is 1.27 bits per heavy atom. The molecule has 0 aliphatic carbocycles. The SMILES string of the molecule is COc1cc2c(cc1C(=O)NC1CCN(C)CC1)sc1nc(-c3ccc([C@@H]4C[C@H](O)CN4)cc3F)cn12. The maximum atomic E-state index is 15.1. The van der Waals surface area contributed by atoms with Crippen molar-refractivity contribution >= 4 is 32.4 Å². The molecule has 2 atom stereocenters. The Morgan fingerprint density at radius 3 is 2.78 bits per heavy atom. The summed E-state index contributed by atoms with van der Waals surface area (Å²) in [5.41, 5.74) is 3.14. The van der Waals surface area contributed by atoms with Crippen molar-refractivity contribution in [1.29, 1.82) is 0 Å². The van der Waals surface area contributed by atoms with Gasteiger partial charge >= 0.3 is 0 Å². The zero-order valence-corrected chi connectivity index (χ0v) is 21.6. The van der Waals surface area contributed by atoms with E-state index < -0.39 is 6.10 Å². The number of hydrogen-bond donors (Lipinski definition) is 3. The molecule has 0 saturated carbocycles. The standard InChI is InChI=1S/C27H30FN5O3S/c1-32-7-5-16(6-8-32)30-26(35)19-11-25-23(12-24(19)36-2)33-14-22(31-27(33)37-25)18-4-3-15(9-20(18)28)21-10-17(34)13-29-21/h3-4,9,11-12,14,16-17,21,29,34H,5-8,10,13H2,1-2H3,(H,30,35)/t17-,21-/m0/s1. The van der Waals surface area contributed by atoms with Crippen LogP contribution in [-0.2, 0) is 0 Å². The number of aliphatic hydroxyl groups excluding tert-OH is 1. The fourth-order valence-electron chi connectivity index (χ4n) is 5.34. The van der Waals surface area contributed by atoms with E-state index in [4.69, 9.17) is 9.72 Å². The number of fused-ring (bicyclic) bond motifs is 3. The Hall–Kier alpha value is -3.05. The summed E-state index contributed by atoms with van der Waals surface area (Å²) in [7, 11) is 3.66. The maximum absolute atomic E-state index is 15.1. The first-order valence-corrected chi connectivity index (χ1v) is 13.4. The van der Waals surface area contributed by atoms with Crippen molar-refractivity contribution in [3.63, 3.8) is 0 Å². The molecule has 6 rings (SSSR count). The first kappa shape index (κ1) is 24.3. The Balaban J connectivity index is 1.29. The average Bonchev–Trinajstić information content (AvgIpc) is 3.59. The number of nitrogens with one attached hydrogen (secondary N) is 2. The van der Waals surface area contributed by atoms with Crippen LogP contribution in [0.25, 0.3) is 26.4 Å². The normalized spacial score (nSPS) is 21.2. The van der Waals surface area contributed by atoms with Crippen LogP contribution < -0.4 is 15.4 Å². The first-order chi connectivity index (χ1) is 17.9. The van der Waals surface area contributed by atoms with Crippen molar-refractivity contribution in [1.82, 2.24) is 24.9 Å². The highest BCUT2D eigenvalue weighted by molar-refractivity contribution is 7.23. The van der Waals surface area contributed by atoms with Gasteiger partial charge in [0.05, 0.1) is 34.7 Å². The molecule has 3 N–H and O–H groups in total. The Bertz CT molecular complexity index is 1480. The van der Waals surface area contributed by atoms with Crippen molar-refractivity contribution in [2.75, 3.05) is 33.8 Å². The van der Waals surface area contributed by atoms with E-state index in [2.05, 4.69) is 22.6 Å². The second kappa shape index (κ2) is 9.68. The molecule has 2 aromatic carbocycles. The predicted molar refractivity (Wildman–Crippen MR) is 142 cm³/mol. The number of benzene rings is 2. The lowest BCUT2D eigenvalue weighted by Crippen LogP contribution is -2.43. The molecule has 2 aromatic heterocycles. The summed E-state index contributed by atoms with van der Waals surface area (Å²) in [6.45, 7) is 2.45. The summed E-state index contributed by atoms with van der Waals surface area (Å²) in [5, 5.41) is 16.2. The number of rotatable bonds is 5. The van der Waals surface area contributed by atoms with Crippen LogP contribution in [0.5, 0.6) is 5.75 Å². The number of thiazole rings is 1.